The molecule has 1 saturated carbocycles. The summed E-state index contributed by atoms with van der Waals surface area (Å²) >= 11 is 0. The van der Waals surface area contributed by atoms with E-state index in [0.29, 0.717) is 17.7 Å². The van der Waals surface area contributed by atoms with Gasteiger partial charge in [0.2, 0.25) is 0 Å². The number of rotatable bonds is 2. The molecule has 20 heavy (non-hydrogen) atoms. The van der Waals surface area contributed by atoms with Gasteiger partial charge >= 0.3 is 0 Å². The zero-order valence-corrected chi connectivity index (χ0v) is 11.6. The van der Waals surface area contributed by atoms with Gasteiger partial charge in [0.05, 0.1) is 18.5 Å². The van der Waals surface area contributed by atoms with E-state index < -0.39 is 0 Å². The molecule has 0 unspecified atom stereocenters. The summed E-state index contributed by atoms with van der Waals surface area (Å²) in [5.41, 5.74) is 0.349. The van der Waals surface area contributed by atoms with Crippen LogP contribution in [-0.2, 0) is 0 Å². The molecule has 3 atom stereocenters. The van der Waals surface area contributed by atoms with Crippen LogP contribution in [0.5, 0.6) is 0 Å². The van der Waals surface area contributed by atoms with Gasteiger partial charge in [0, 0.05) is 18.5 Å². The van der Waals surface area contributed by atoms with E-state index in [-0.39, 0.29) is 6.10 Å². The van der Waals surface area contributed by atoms with Gasteiger partial charge in [-0.3, -0.25) is 0 Å². The van der Waals surface area contributed by atoms with Crippen LogP contribution in [0.4, 0.5) is 5.82 Å². The molecule has 0 spiro atoms. The van der Waals surface area contributed by atoms with Crippen LogP contribution in [0.3, 0.4) is 0 Å². The van der Waals surface area contributed by atoms with Crippen molar-refractivity contribution in [2.75, 3.05) is 11.4 Å². The normalized spacial score (nSPS) is 30.2. The summed E-state index contributed by atoms with van der Waals surface area (Å²) in [5, 5.41) is 19.1. The minimum Gasteiger partial charge on any atom is -0.393 e. The Labute approximate surface area is 119 Å². The van der Waals surface area contributed by atoms with Crippen molar-refractivity contribution >= 4 is 5.82 Å². The quantitative estimate of drug-likeness (QED) is 0.889. The monoisotopic (exact) mass is 272 g/mol. The van der Waals surface area contributed by atoms with E-state index in [9.17, 15) is 5.11 Å². The van der Waals surface area contributed by atoms with E-state index >= 15 is 0 Å². The number of aliphatic hydroxyl groups is 1. The van der Waals surface area contributed by atoms with Gasteiger partial charge in [-0.15, -0.1) is 0 Å². The lowest BCUT2D eigenvalue weighted by atomic mass is 9.80. The van der Waals surface area contributed by atoms with E-state index in [0.717, 1.165) is 44.5 Å². The molecule has 3 rings (SSSR count). The Morgan fingerprint density at radius 1 is 1.15 bits per heavy atom. The Morgan fingerprint density at radius 2 is 2.00 bits per heavy atom. The summed E-state index contributed by atoms with van der Waals surface area (Å²) in [7, 11) is 0. The first-order valence-electron chi connectivity index (χ1n) is 7.46. The minimum atomic E-state index is -0.180. The largest absolute Gasteiger partial charge is 0.393 e. The molecule has 106 valence electrons. The lowest BCUT2D eigenvalue weighted by molar-refractivity contribution is 0.0565. The minimum absolute atomic E-state index is 0.180. The Morgan fingerprint density at radius 3 is 2.70 bits per heavy atom. The van der Waals surface area contributed by atoms with Crippen LogP contribution < -0.4 is 4.90 Å². The van der Waals surface area contributed by atoms with Crippen molar-refractivity contribution in [1.82, 2.24) is 9.97 Å². The molecule has 1 aliphatic carbocycles. The zero-order valence-electron chi connectivity index (χ0n) is 11.6. The van der Waals surface area contributed by atoms with Gasteiger partial charge in [0.25, 0.3) is 0 Å². The first-order valence-corrected chi connectivity index (χ1v) is 7.46. The van der Waals surface area contributed by atoms with E-state index in [1.54, 1.807) is 6.20 Å². The van der Waals surface area contributed by atoms with Crippen LogP contribution >= 0.6 is 0 Å². The number of hydrogen-bond acceptors (Lipinski definition) is 5. The topological polar surface area (TPSA) is 73.0 Å². The summed E-state index contributed by atoms with van der Waals surface area (Å²) < 4.78 is 0. The highest BCUT2D eigenvalue weighted by Gasteiger charge is 2.37. The predicted octanol–water partition coefficient (Wildman–Crippen LogP) is 1.87. The van der Waals surface area contributed by atoms with Crippen LogP contribution in [0.15, 0.2) is 12.4 Å². The van der Waals surface area contributed by atoms with Crippen molar-refractivity contribution in [3.8, 4) is 6.07 Å². The zero-order chi connectivity index (χ0) is 13.9. The van der Waals surface area contributed by atoms with Gasteiger partial charge in [0.1, 0.15) is 11.9 Å². The Balaban J connectivity index is 1.79. The fourth-order valence-corrected chi connectivity index (χ4v) is 3.64. The number of aliphatic hydroxyl groups excluding tert-OH is 1. The first kappa shape index (κ1) is 13.3. The number of anilines is 1. The lowest BCUT2D eigenvalue weighted by Crippen LogP contribution is -2.43. The van der Waals surface area contributed by atoms with Crippen molar-refractivity contribution in [2.45, 2.75) is 50.7 Å². The fourth-order valence-electron chi connectivity index (χ4n) is 3.64. The predicted molar refractivity (Wildman–Crippen MR) is 75.1 cm³/mol. The molecule has 0 aromatic carbocycles. The maximum Gasteiger partial charge on any atom is 0.158 e. The summed E-state index contributed by atoms with van der Waals surface area (Å²) in [6.45, 7) is 0.967. The van der Waals surface area contributed by atoms with Crippen LogP contribution in [0.25, 0.3) is 0 Å². The first-order chi connectivity index (χ1) is 9.79. The van der Waals surface area contributed by atoms with Gasteiger partial charge < -0.3 is 10.0 Å². The highest BCUT2D eigenvalue weighted by Crippen LogP contribution is 2.36. The SMILES string of the molecule is N#Cc1cnc(N2CCC[C@@H]2[C@H]2CCCC[C@@H]2O)cn1. The molecule has 1 saturated heterocycles. The highest BCUT2D eigenvalue weighted by atomic mass is 16.3. The molecule has 2 heterocycles. The van der Waals surface area contributed by atoms with Gasteiger partial charge in [-0.05, 0) is 25.7 Å². The average molecular weight is 272 g/mol. The molecular formula is C15H20N4O. The van der Waals surface area contributed by atoms with Gasteiger partial charge in [-0.2, -0.15) is 5.26 Å². The average Bonchev–Trinajstić information content (AvgIpc) is 2.97. The Hall–Kier alpha value is -1.67. The molecule has 5 heteroatoms. The molecule has 2 aliphatic rings. The van der Waals surface area contributed by atoms with E-state index in [1.165, 1.54) is 12.6 Å². The molecule has 0 amide bonds. The molecule has 1 N–H and O–H groups in total. The Kier molecular flexibility index (Phi) is 3.83. The maximum absolute atomic E-state index is 10.3. The lowest BCUT2D eigenvalue weighted by Gasteiger charge is -2.37. The van der Waals surface area contributed by atoms with Crippen molar-refractivity contribution < 1.29 is 5.11 Å². The molecule has 2 fully saturated rings. The third-order valence-corrected chi connectivity index (χ3v) is 4.62. The summed E-state index contributed by atoms with van der Waals surface area (Å²) in [5.74, 6) is 1.19. The fraction of sp³-hybridized carbons (Fsp3) is 0.667. The third kappa shape index (κ3) is 2.48. The van der Waals surface area contributed by atoms with Gasteiger partial charge in [-0.25, -0.2) is 9.97 Å². The second-order valence-corrected chi connectivity index (χ2v) is 5.79. The Bertz CT molecular complexity index is 496. The number of nitriles is 1. The third-order valence-electron chi connectivity index (χ3n) is 4.62. The molecule has 0 radical (unpaired) electrons. The molecule has 0 bridgehead atoms. The number of hydrogen-bond donors (Lipinski definition) is 1. The van der Waals surface area contributed by atoms with Gasteiger partial charge in [0.15, 0.2) is 5.69 Å². The maximum atomic E-state index is 10.3. The molecule has 5 nitrogen and oxygen atoms in total. The number of nitrogens with zero attached hydrogens (tertiary/aromatic N) is 4. The van der Waals surface area contributed by atoms with E-state index in [1.807, 2.05) is 6.07 Å². The smallest absolute Gasteiger partial charge is 0.158 e. The second-order valence-electron chi connectivity index (χ2n) is 5.79. The van der Waals surface area contributed by atoms with Crippen LogP contribution in [0.2, 0.25) is 0 Å². The summed E-state index contributed by atoms with van der Waals surface area (Å²) in [4.78, 5) is 10.7. The van der Waals surface area contributed by atoms with Crippen LogP contribution in [0, 0.1) is 17.2 Å². The van der Waals surface area contributed by atoms with Crippen LogP contribution in [-0.4, -0.2) is 33.8 Å². The standard InChI is InChI=1S/C15H20N4O/c16-8-11-9-18-15(10-17-11)19-7-3-5-13(19)12-4-1-2-6-14(12)20/h9-10,12-14,20H,1-7H2/t12-,13-,14+/m1/s1. The van der Waals surface area contributed by atoms with Crippen molar-refractivity contribution in [1.29, 1.82) is 5.26 Å². The summed E-state index contributed by atoms with van der Waals surface area (Å²) in [6.07, 6.45) is 9.67. The van der Waals surface area contributed by atoms with Gasteiger partial charge in [-0.1, -0.05) is 12.8 Å². The van der Waals surface area contributed by atoms with E-state index in [2.05, 4.69) is 14.9 Å². The van der Waals surface area contributed by atoms with Crippen molar-refractivity contribution in [3.63, 3.8) is 0 Å². The van der Waals surface area contributed by atoms with Crippen molar-refractivity contribution in [2.24, 2.45) is 5.92 Å². The van der Waals surface area contributed by atoms with Crippen LogP contribution in [0.1, 0.15) is 44.2 Å². The van der Waals surface area contributed by atoms with E-state index in [4.69, 9.17) is 5.26 Å². The second kappa shape index (κ2) is 5.76. The molecule has 1 aromatic rings. The molecule has 1 aliphatic heterocycles. The summed E-state index contributed by atoms with van der Waals surface area (Å²) in [6, 6.07) is 2.36. The molecule has 1 aromatic heterocycles. The van der Waals surface area contributed by atoms with Crippen molar-refractivity contribution in [3.05, 3.63) is 18.1 Å². The number of aromatic nitrogens is 2. The highest BCUT2D eigenvalue weighted by molar-refractivity contribution is 5.40. The molecular weight excluding hydrogens is 252 g/mol.